The van der Waals surface area contributed by atoms with E-state index in [1.54, 1.807) is 6.92 Å². The quantitative estimate of drug-likeness (QED) is 0.109. The van der Waals surface area contributed by atoms with Crippen LogP contribution in [-0.4, -0.2) is 78.9 Å². The Bertz CT molecular complexity index is 2030. The van der Waals surface area contributed by atoms with Gasteiger partial charge in [-0.2, -0.15) is 4.98 Å². The maximum Gasteiger partial charge on any atom is 0.386 e. The van der Waals surface area contributed by atoms with Crippen molar-refractivity contribution in [3.8, 4) is 0 Å². The number of fused-ring (bicyclic) bond motifs is 2. The number of thiol groups is 2. The van der Waals surface area contributed by atoms with Gasteiger partial charge in [0.1, 0.15) is 28.8 Å². The van der Waals surface area contributed by atoms with Gasteiger partial charge < -0.3 is 25.5 Å². The van der Waals surface area contributed by atoms with Gasteiger partial charge in [-0.3, -0.25) is 37.3 Å². The molecule has 0 spiro atoms. The molecule has 0 radical (unpaired) electrons. The van der Waals surface area contributed by atoms with Crippen molar-refractivity contribution in [2.24, 2.45) is 5.92 Å². The van der Waals surface area contributed by atoms with Crippen LogP contribution in [0.1, 0.15) is 25.8 Å². The molecule has 2 fully saturated rings. The molecule has 0 amide bonds. The van der Waals surface area contributed by atoms with Crippen molar-refractivity contribution in [3.05, 3.63) is 32.7 Å². The lowest BCUT2D eigenvalue weighted by Crippen LogP contribution is -2.31. The first kappa shape index (κ1) is 34.4. The first-order valence-corrected chi connectivity index (χ1v) is 19.9. The van der Waals surface area contributed by atoms with Gasteiger partial charge in [0.2, 0.25) is 5.95 Å². The molecule has 4 aromatic rings. The van der Waals surface area contributed by atoms with Crippen LogP contribution in [0.2, 0.25) is 0 Å². The van der Waals surface area contributed by atoms with Crippen LogP contribution in [-0.2, 0) is 36.7 Å². The second kappa shape index (κ2) is 13.1. The molecule has 25 heteroatoms. The summed E-state index contributed by atoms with van der Waals surface area (Å²) in [6.45, 7) is -7.16. The topological polar surface area (TPSA) is 253 Å². The van der Waals surface area contributed by atoms with E-state index < -0.39 is 73.5 Å². The first-order chi connectivity index (χ1) is 22.2. The van der Waals surface area contributed by atoms with Crippen molar-refractivity contribution in [1.29, 1.82) is 0 Å². The zero-order chi connectivity index (χ0) is 33.8. The number of nitrogens with zero attached hydrogens (tertiary/aromatic N) is 6. The smallest absolute Gasteiger partial charge is 0.382 e. The number of rotatable bonds is 11. The summed E-state index contributed by atoms with van der Waals surface area (Å²) in [6, 6.07) is 0. The minimum Gasteiger partial charge on any atom is -0.382 e. The highest BCUT2D eigenvalue weighted by Gasteiger charge is 2.49. The maximum absolute atomic E-state index is 15.1. The second-order valence-corrected chi connectivity index (χ2v) is 17.4. The van der Waals surface area contributed by atoms with Gasteiger partial charge in [-0.1, -0.05) is 42.8 Å². The fourth-order valence-corrected chi connectivity index (χ4v) is 8.29. The molecule has 6 rings (SSSR count). The van der Waals surface area contributed by atoms with Gasteiger partial charge >= 0.3 is 18.5 Å². The largest absolute Gasteiger partial charge is 0.386 e. The molecule has 0 aliphatic carbocycles. The van der Waals surface area contributed by atoms with Crippen LogP contribution in [0, 0.1) is 5.92 Å². The standard InChI is InChI=1S/C22H28FN9O10P2S3/c1-8-11(5-39-43(35,45)37-2)41-20(32-17-14(47-22(32)34)18(33)30-21(25)29-17)13(8)42-44(36,46)38-4-9-3-10(23)19(40-9)31-7-28-12-15(24)26-6-27-16(12)31/h6-11,13,19-20H,3-5H2,1-2H3,(H,35,45)(H,36,46)(H2,24,26,27)(H3,25,29,30,33)/t8-,9?,10+,11?,13+,19+,20+,43?,44+/m0/s1. The third-order valence-corrected chi connectivity index (χ3v) is 11.9. The van der Waals surface area contributed by atoms with Crippen molar-refractivity contribution in [3.63, 3.8) is 0 Å². The van der Waals surface area contributed by atoms with Gasteiger partial charge in [0.05, 0.1) is 31.7 Å². The number of anilines is 2. The van der Waals surface area contributed by atoms with Crippen molar-refractivity contribution in [2.45, 2.75) is 50.3 Å². The Balaban J connectivity index is 1.21. The summed E-state index contributed by atoms with van der Waals surface area (Å²) in [4.78, 5) is 43.5. The lowest BCUT2D eigenvalue weighted by Gasteiger charge is -2.25. The Hall–Kier alpha value is -2.43. The van der Waals surface area contributed by atoms with Crippen LogP contribution in [0.15, 0.2) is 22.2 Å². The van der Waals surface area contributed by atoms with E-state index in [2.05, 4.69) is 49.4 Å². The van der Waals surface area contributed by atoms with Gasteiger partial charge in [-0.05, 0) is 0 Å². The van der Waals surface area contributed by atoms with Gasteiger partial charge in [0.15, 0.2) is 29.6 Å². The number of hydrogen-bond acceptors (Lipinski definition) is 17. The van der Waals surface area contributed by atoms with Crippen LogP contribution in [0.4, 0.5) is 16.2 Å². The number of aromatic amines is 1. The van der Waals surface area contributed by atoms with Gasteiger partial charge in [-0.15, -0.1) is 0 Å². The minimum absolute atomic E-state index is 0.0445. The van der Waals surface area contributed by atoms with Crippen LogP contribution in [0.3, 0.4) is 0 Å². The predicted octanol–water partition coefficient (Wildman–Crippen LogP) is 2.45. The maximum atomic E-state index is 15.1. The molecule has 4 aromatic heterocycles. The Morgan fingerprint density at radius 2 is 1.85 bits per heavy atom. The van der Waals surface area contributed by atoms with Crippen LogP contribution >= 0.6 is 49.4 Å². The van der Waals surface area contributed by atoms with Crippen molar-refractivity contribution in [1.82, 2.24) is 34.1 Å². The molecular weight excluding hydrogens is 727 g/mol. The Morgan fingerprint density at radius 1 is 1.11 bits per heavy atom. The summed E-state index contributed by atoms with van der Waals surface area (Å²) >= 11 is 8.56. The number of halogens is 1. The summed E-state index contributed by atoms with van der Waals surface area (Å²) in [5.41, 5.74) is 11.3. The number of ether oxygens (including phenoxy) is 2. The second-order valence-electron chi connectivity index (χ2n) is 10.5. The number of nitrogen functional groups attached to an aromatic ring is 2. The number of H-pyrrole nitrogens is 1. The lowest BCUT2D eigenvalue weighted by molar-refractivity contribution is -0.0480. The van der Waals surface area contributed by atoms with Crippen LogP contribution < -0.4 is 21.9 Å². The molecule has 0 bridgehead atoms. The highest BCUT2D eigenvalue weighted by molar-refractivity contribution is 8.44. The number of nitrogens with one attached hydrogen (secondary N) is 1. The molecule has 47 heavy (non-hydrogen) atoms. The minimum atomic E-state index is -4.30. The van der Waals surface area contributed by atoms with Crippen molar-refractivity contribution < 1.29 is 41.1 Å². The average Bonchev–Trinajstić information content (AvgIpc) is 3.75. The average molecular weight is 756 g/mol. The summed E-state index contributed by atoms with van der Waals surface area (Å²) in [5, 5.41) is 0. The molecule has 2 aliphatic heterocycles. The monoisotopic (exact) mass is 755 g/mol. The number of aromatic nitrogens is 7. The highest BCUT2D eigenvalue weighted by Crippen LogP contribution is 2.58. The molecule has 2 saturated heterocycles. The number of nitrogens with two attached hydrogens (primary N) is 2. The van der Waals surface area contributed by atoms with Gasteiger partial charge in [0, 0.05) is 19.4 Å². The van der Waals surface area contributed by atoms with E-state index in [-0.39, 0.29) is 46.3 Å². The number of imidazole rings is 1. The number of alkyl halides is 1. The highest BCUT2D eigenvalue weighted by atomic mass is 32.7. The van der Waals surface area contributed by atoms with Gasteiger partial charge in [0.25, 0.3) is 5.56 Å². The van der Waals surface area contributed by atoms with Gasteiger partial charge in [-0.25, -0.2) is 28.5 Å². The Kier molecular flexibility index (Phi) is 9.61. The molecule has 5 N–H and O–H groups in total. The molecular formula is C22H28FN9O10P2S3. The number of thiazole rings is 1. The molecule has 6 heterocycles. The summed E-state index contributed by atoms with van der Waals surface area (Å²) in [5.74, 6) is -0.867. The zero-order valence-electron chi connectivity index (χ0n) is 24.3. The van der Waals surface area contributed by atoms with E-state index >= 15 is 4.39 Å². The van der Waals surface area contributed by atoms with E-state index in [1.165, 1.54) is 17.2 Å². The molecule has 9 atom stereocenters. The number of hydrogen-bond donors (Lipinski definition) is 5. The van der Waals surface area contributed by atoms with E-state index in [0.29, 0.717) is 11.3 Å². The van der Waals surface area contributed by atoms with E-state index in [0.717, 1.165) is 11.7 Å². The lowest BCUT2D eigenvalue weighted by atomic mass is 10.0. The van der Waals surface area contributed by atoms with Crippen LogP contribution in [0.25, 0.3) is 21.5 Å². The van der Waals surface area contributed by atoms with Crippen molar-refractivity contribution >= 4 is 82.7 Å². The van der Waals surface area contributed by atoms with E-state index in [9.17, 15) is 18.7 Å². The SMILES string of the molecule is COP(=O)(S)OCC1O[C@@H](n2c(=O)sc3c(=O)[nH]c(N)nc32)[C@H](O[P@](=O)(S)OCC2C[C@@H](F)[C@H](n3cnc4c(N)ncnc43)O2)[C@H]1C. The van der Waals surface area contributed by atoms with Crippen molar-refractivity contribution in [2.75, 3.05) is 31.8 Å². The fourth-order valence-electron chi connectivity index (χ4n) is 5.26. The van der Waals surface area contributed by atoms with E-state index in [4.69, 9.17) is 39.0 Å². The third-order valence-electron chi connectivity index (χ3n) is 7.55. The molecule has 256 valence electrons. The molecule has 0 saturated carbocycles. The zero-order valence-corrected chi connectivity index (χ0v) is 28.7. The molecule has 3 unspecified atom stereocenters. The van der Waals surface area contributed by atoms with E-state index in [1.807, 2.05) is 0 Å². The predicted molar refractivity (Wildman–Crippen MR) is 172 cm³/mol. The molecule has 2 aliphatic rings. The van der Waals surface area contributed by atoms with Crippen LogP contribution in [0.5, 0.6) is 0 Å². The Labute approximate surface area is 277 Å². The molecule has 0 aromatic carbocycles. The molecule has 19 nitrogen and oxygen atoms in total. The summed E-state index contributed by atoms with van der Waals surface area (Å²) < 4.78 is 76.7. The third kappa shape index (κ3) is 6.89. The normalized spacial score (nSPS) is 29.0. The summed E-state index contributed by atoms with van der Waals surface area (Å²) in [6.07, 6.45) is -4.63. The first-order valence-electron chi connectivity index (χ1n) is 13.7. The fraction of sp³-hybridized carbons (Fsp3) is 0.545. The Morgan fingerprint density at radius 3 is 2.60 bits per heavy atom. The summed E-state index contributed by atoms with van der Waals surface area (Å²) in [7, 11) is 1.14.